The minimum absolute atomic E-state index is 0.0222. The molecule has 0 aliphatic carbocycles. The summed E-state index contributed by atoms with van der Waals surface area (Å²) in [6.45, 7) is 2.29. The van der Waals surface area contributed by atoms with Gasteiger partial charge in [-0.05, 0) is 18.6 Å². The van der Waals surface area contributed by atoms with Gasteiger partial charge in [0.15, 0.2) is 0 Å². The fourth-order valence-electron chi connectivity index (χ4n) is 5.91. The normalized spacial score (nSPS) is 11.7. The molecular weight excluding hydrogens is 552 g/mol. The highest BCUT2D eigenvalue weighted by atomic mass is 32.2. The van der Waals surface area contributed by atoms with Crippen LogP contribution in [0.2, 0.25) is 0 Å². The van der Waals surface area contributed by atoms with Gasteiger partial charge in [0.1, 0.15) is 4.90 Å². The fourth-order valence-corrected chi connectivity index (χ4v) is 6.83. The third kappa shape index (κ3) is 25.6. The van der Waals surface area contributed by atoms with E-state index in [0.717, 1.165) is 12.8 Å². The van der Waals surface area contributed by atoms with Crippen molar-refractivity contribution in [3.8, 4) is 0 Å². The maximum Gasteiger partial charge on any atom is 0.341 e. The number of benzene rings is 1. The molecule has 0 unspecified atom stereocenters. The summed E-state index contributed by atoms with van der Waals surface area (Å²) >= 11 is 0. The summed E-state index contributed by atoms with van der Waals surface area (Å²) < 4.78 is 28.8. The first kappa shape index (κ1) is 39.7. The van der Waals surface area contributed by atoms with E-state index < -0.39 is 16.1 Å². The van der Waals surface area contributed by atoms with Crippen molar-refractivity contribution in [2.75, 3.05) is 0 Å². The van der Waals surface area contributed by atoms with E-state index in [1.807, 2.05) is 0 Å². The lowest BCUT2D eigenvalue weighted by molar-refractivity contribution is -0.133. The van der Waals surface area contributed by atoms with Crippen molar-refractivity contribution in [2.45, 2.75) is 204 Å². The van der Waals surface area contributed by atoms with Crippen LogP contribution in [0.25, 0.3) is 0 Å². The Hall–Kier alpha value is -1.36. The van der Waals surface area contributed by atoms with Crippen LogP contribution in [0.4, 0.5) is 0 Å². The number of unbranched alkanes of at least 4 members (excludes halogenated alkanes) is 28. The van der Waals surface area contributed by atoms with Crippen LogP contribution in [0, 0.1) is 0 Å². The Balaban J connectivity index is 1.72. The fraction of sp³-hybridized carbons (Fsp3) is 0.816. The lowest BCUT2D eigenvalue weighted by Crippen LogP contribution is -2.13. The summed E-state index contributed by atoms with van der Waals surface area (Å²) in [4.78, 5) is 11.9. The van der Waals surface area contributed by atoms with Crippen molar-refractivity contribution in [1.82, 2.24) is 0 Å². The van der Waals surface area contributed by atoms with E-state index in [0.29, 0.717) is 6.42 Å². The second-order valence-corrected chi connectivity index (χ2v) is 14.4. The van der Waals surface area contributed by atoms with E-state index in [1.165, 1.54) is 179 Å². The largest absolute Gasteiger partial charge is 0.342 e. The van der Waals surface area contributed by atoms with Gasteiger partial charge in [0.25, 0.3) is 0 Å². The van der Waals surface area contributed by atoms with Crippen molar-refractivity contribution in [1.29, 1.82) is 0 Å². The van der Waals surface area contributed by atoms with Crippen LogP contribution in [0.3, 0.4) is 0 Å². The van der Waals surface area contributed by atoms with E-state index in [2.05, 4.69) is 6.92 Å². The molecule has 0 atom stereocenters. The molecule has 1 aromatic carbocycles. The lowest BCUT2D eigenvalue weighted by Gasteiger charge is -2.06. The average molecular weight is 621 g/mol. The van der Waals surface area contributed by atoms with Gasteiger partial charge in [0.2, 0.25) is 0 Å². The number of carbonyl (C=O) groups is 1. The molecule has 0 aromatic heterocycles. The van der Waals surface area contributed by atoms with E-state index in [4.69, 9.17) is 4.18 Å². The van der Waals surface area contributed by atoms with Gasteiger partial charge in [-0.2, -0.15) is 8.42 Å². The Bertz CT molecular complexity index is 837. The predicted molar refractivity (Wildman–Crippen MR) is 184 cm³/mol. The summed E-state index contributed by atoms with van der Waals surface area (Å²) in [5.41, 5.74) is 0. The van der Waals surface area contributed by atoms with Gasteiger partial charge in [0, 0.05) is 6.42 Å². The highest BCUT2D eigenvalue weighted by Gasteiger charge is 2.19. The summed E-state index contributed by atoms with van der Waals surface area (Å²) in [5.74, 6) is -0.658. The van der Waals surface area contributed by atoms with Crippen LogP contribution in [0.5, 0.6) is 0 Å². The molecule has 0 bridgehead atoms. The second kappa shape index (κ2) is 29.4. The van der Waals surface area contributed by atoms with Gasteiger partial charge in [-0.15, -0.1) is 0 Å². The molecule has 5 heteroatoms. The molecule has 0 spiro atoms. The van der Waals surface area contributed by atoms with Crippen molar-refractivity contribution < 1.29 is 17.4 Å². The van der Waals surface area contributed by atoms with Gasteiger partial charge in [0.05, 0.1) is 0 Å². The molecule has 1 aromatic rings. The van der Waals surface area contributed by atoms with Gasteiger partial charge >= 0.3 is 16.1 Å². The minimum atomic E-state index is -3.99. The zero-order valence-electron chi connectivity index (χ0n) is 28.1. The molecule has 0 saturated heterocycles. The summed E-state index contributed by atoms with van der Waals surface area (Å²) in [5, 5.41) is 0. The summed E-state index contributed by atoms with van der Waals surface area (Å²) in [7, 11) is -3.99. The van der Waals surface area contributed by atoms with E-state index >= 15 is 0 Å². The molecule has 0 radical (unpaired) electrons. The molecule has 0 amide bonds. The van der Waals surface area contributed by atoms with Gasteiger partial charge in [-0.25, -0.2) is 0 Å². The van der Waals surface area contributed by atoms with Gasteiger partial charge in [-0.3, -0.25) is 4.79 Å². The van der Waals surface area contributed by atoms with Crippen LogP contribution in [-0.2, 0) is 19.1 Å². The molecule has 0 heterocycles. The molecule has 0 fully saturated rings. The molecule has 0 saturated carbocycles. The van der Waals surface area contributed by atoms with E-state index in [9.17, 15) is 13.2 Å². The molecule has 250 valence electrons. The second-order valence-electron chi connectivity index (χ2n) is 12.9. The first-order chi connectivity index (χ1) is 21.1. The number of rotatable bonds is 32. The number of hydrogen-bond acceptors (Lipinski definition) is 4. The minimum Gasteiger partial charge on any atom is -0.342 e. The van der Waals surface area contributed by atoms with Crippen molar-refractivity contribution >= 4 is 16.1 Å². The molecule has 43 heavy (non-hydrogen) atoms. The Morgan fingerprint density at radius 1 is 0.465 bits per heavy atom. The van der Waals surface area contributed by atoms with Gasteiger partial charge in [-0.1, -0.05) is 205 Å². The van der Waals surface area contributed by atoms with Crippen molar-refractivity contribution in [3.05, 3.63) is 30.3 Å². The maximum atomic E-state index is 12.1. The van der Waals surface area contributed by atoms with Gasteiger partial charge < -0.3 is 4.18 Å². The molecule has 0 aliphatic heterocycles. The summed E-state index contributed by atoms with van der Waals surface area (Å²) in [6.07, 6.45) is 39.5. The predicted octanol–water partition coefficient (Wildman–Crippen LogP) is 12.6. The van der Waals surface area contributed by atoms with E-state index in [-0.39, 0.29) is 11.3 Å². The van der Waals surface area contributed by atoms with E-state index in [1.54, 1.807) is 18.2 Å². The lowest BCUT2D eigenvalue weighted by atomic mass is 10.0. The average Bonchev–Trinajstić information content (AvgIpc) is 3.00. The Labute approximate surface area is 267 Å². The molecule has 1 rings (SSSR count). The monoisotopic (exact) mass is 620 g/mol. The Kier molecular flexibility index (Phi) is 27.1. The standard InChI is InChI=1S/C38H68O4S/c1-2-3-4-5-6-7-8-9-10-11-12-13-14-15-16-17-18-19-20-21-22-23-24-25-26-27-28-29-33-36-38(39)42-43(40,41)37-34-31-30-32-35-37/h30-32,34-35H,2-29,33,36H2,1H3. The molecule has 4 nitrogen and oxygen atoms in total. The maximum absolute atomic E-state index is 12.1. The smallest absolute Gasteiger partial charge is 0.341 e. The van der Waals surface area contributed by atoms with Crippen LogP contribution in [0.1, 0.15) is 200 Å². The Morgan fingerprint density at radius 2 is 0.744 bits per heavy atom. The molecule has 0 aliphatic rings. The summed E-state index contributed by atoms with van der Waals surface area (Å²) in [6, 6.07) is 7.83. The van der Waals surface area contributed by atoms with Crippen molar-refractivity contribution in [3.63, 3.8) is 0 Å². The zero-order chi connectivity index (χ0) is 31.1. The third-order valence-electron chi connectivity index (χ3n) is 8.72. The molecule has 0 N–H and O–H groups in total. The highest BCUT2D eigenvalue weighted by molar-refractivity contribution is 7.87. The third-order valence-corrected chi connectivity index (χ3v) is 9.97. The van der Waals surface area contributed by atoms with Crippen LogP contribution < -0.4 is 0 Å². The van der Waals surface area contributed by atoms with Crippen LogP contribution in [0.15, 0.2) is 35.2 Å². The highest BCUT2D eigenvalue weighted by Crippen LogP contribution is 2.17. The first-order valence-electron chi connectivity index (χ1n) is 18.6. The topological polar surface area (TPSA) is 60.4 Å². The van der Waals surface area contributed by atoms with Crippen LogP contribution >= 0.6 is 0 Å². The SMILES string of the molecule is CCCCCCCCCCCCCCCCCCCCCCCCCCCCCCCC(=O)OS(=O)(=O)c1ccccc1. The zero-order valence-corrected chi connectivity index (χ0v) is 29.0. The Morgan fingerprint density at radius 3 is 1.05 bits per heavy atom. The van der Waals surface area contributed by atoms with Crippen LogP contribution in [-0.4, -0.2) is 14.4 Å². The molecular formula is C38H68O4S. The number of hydrogen-bond donors (Lipinski definition) is 0. The quantitative estimate of drug-likeness (QED) is 0.0594. The number of carbonyl (C=O) groups excluding carboxylic acids is 1. The van der Waals surface area contributed by atoms with Crippen molar-refractivity contribution in [2.24, 2.45) is 0 Å². The first-order valence-corrected chi connectivity index (χ1v) is 20.0.